The Kier molecular flexibility index (Phi) is 4.47. The highest BCUT2D eigenvalue weighted by Gasteiger charge is 2.23. The van der Waals surface area contributed by atoms with Gasteiger partial charge < -0.3 is 10.1 Å². The Hall–Kier alpha value is -1.51. The Morgan fingerprint density at radius 1 is 1.24 bits per heavy atom. The average Bonchev–Trinajstić information content (AvgIpc) is 2.52. The maximum atomic E-state index is 6.12. The topological polar surface area (TPSA) is 21.3 Å². The number of hydrogen-bond donors (Lipinski definition) is 1. The van der Waals surface area contributed by atoms with Crippen molar-refractivity contribution in [1.29, 1.82) is 0 Å². The molecule has 0 spiro atoms. The number of fused-ring (bicyclic) bond motifs is 1. The number of rotatable bonds is 4. The lowest BCUT2D eigenvalue weighted by Gasteiger charge is -2.30. The lowest BCUT2D eigenvalue weighted by molar-refractivity contribution is 0.243. The largest absolute Gasteiger partial charge is 0.493 e. The minimum Gasteiger partial charge on any atom is -0.493 e. The van der Waals surface area contributed by atoms with Crippen LogP contribution >= 0.6 is 11.6 Å². The number of nitrogens with one attached hydrogen (secondary N) is 1. The molecule has 2 unspecified atom stereocenters. The van der Waals surface area contributed by atoms with Crippen LogP contribution in [0, 0.1) is 0 Å². The second-order valence-electron chi connectivity index (χ2n) is 5.41. The van der Waals surface area contributed by atoms with Crippen molar-refractivity contribution in [3.8, 4) is 5.75 Å². The van der Waals surface area contributed by atoms with Gasteiger partial charge in [-0.2, -0.15) is 0 Å². The zero-order valence-electron chi connectivity index (χ0n) is 12.2. The van der Waals surface area contributed by atoms with Crippen molar-refractivity contribution in [3.05, 3.63) is 64.7 Å². The molecule has 2 aromatic carbocycles. The fourth-order valence-electron chi connectivity index (χ4n) is 2.93. The minimum atomic E-state index is 0.305. The summed E-state index contributed by atoms with van der Waals surface area (Å²) in [5.74, 6) is 1.00. The molecular weight excluding hydrogens is 282 g/mol. The van der Waals surface area contributed by atoms with Crippen molar-refractivity contribution in [2.24, 2.45) is 0 Å². The van der Waals surface area contributed by atoms with Gasteiger partial charge in [0.15, 0.2) is 0 Å². The van der Waals surface area contributed by atoms with E-state index < -0.39 is 0 Å². The molecule has 1 aliphatic rings. The van der Waals surface area contributed by atoms with Crippen molar-refractivity contribution in [1.82, 2.24) is 5.32 Å². The third-order valence-corrected chi connectivity index (χ3v) is 4.26. The van der Waals surface area contributed by atoms with Crippen LogP contribution in [0.2, 0.25) is 5.02 Å². The predicted molar refractivity (Wildman–Crippen MR) is 86.9 cm³/mol. The van der Waals surface area contributed by atoms with Gasteiger partial charge in [0.05, 0.1) is 6.61 Å². The molecule has 0 aromatic heterocycles. The molecule has 2 atom stereocenters. The van der Waals surface area contributed by atoms with Crippen molar-refractivity contribution >= 4 is 11.6 Å². The average molecular weight is 302 g/mol. The fourth-order valence-corrected chi connectivity index (χ4v) is 3.13. The van der Waals surface area contributed by atoms with Gasteiger partial charge in [0, 0.05) is 29.1 Å². The van der Waals surface area contributed by atoms with E-state index in [0.717, 1.165) is 30.2 Å². The Bertz CT molecular complexity index is 614. The van der Waals surface area contributed by atoms with Gasteiger partial charge in [0.2, 0.25) is 0 Å². The number of para-hydroxylation sites is 1. The molecule has 2 nitrogen and oxygen atoms in total. The van der Waals surface area contributed by atoms with Crippen molar-refractivity contribution < 1.29 is 4.74 Å². The molecule has 2 aromatic rings. The number of ether oxygens (including phenoxy) is 1. The van der Waals surface area contributed by atoms with E-state index in [9.17, 15) is 0 Å². The third-order valence-electron chi connectivity index (χ3n) is 4.02. The van der Waals surface area contributed by atoms with Crippen LogP contribution in [-0.2, 0) is 0 Å². The summed E-state index contributed by atoms with van der Waals surface area (Å²) in [6.07, 6.45) is 2.02. The van der Waals surface area contributed by atoms with Crippen molar-refractivity contribution in [2.75, 3.05) is 6.61 Å². The van der Waals surface area contributed by atoms with E-state index in [1.54, 1.807) is 0 Å². The fraction of sp³-hybridized carbons (Fsp3) is 0.333. The highest BCUT2D eigenvalue weighted by molar-refractivity contribution is 6.30. The molecule has 3 heteroatoms. The van der Waals surface area contributed by atoms with Crippen LogP contribution in [0.5, 0.6) is 5.75 Å². The summed E-state index contributed by atoms with van der Waals surface area (Å²) in [4.78, 5) is 0. The van der Waals surface area contributed by atoms with E-state index in [1.807, 2.05) is 30.3 Å². The summed E-state index contributed by atoms with van der Waals surface area (Å²) in [6, 6.07) is 17.0. The van der Waals surface area contributed by atoms with Crippen molar-refractivity contribution in [2.45, 2.75) is 31.8 Å². The molecular formula is C18H20ClNO. The standard InChI is InChI=1S/C18H20ClNO/c1-2-16(13-6-5-7-14(19)12-13)20-17-10-11-21-18-9-4-3-8-15(17)18/h3-9,12,16-17,20H,2,10-11H2,1H3. The summed E-state index contributed by atoms with van der Waals surface area (Å²) < 4.78 is 5.73. The van der Waals surface area contributed by atoms with Gasteiger partial charge in [0.1, 0.15) is 5.75 Å². The van der Waals surface area contributed by atoms with Gasteiger partial charge >= 0.3 is 0 Å². The highest BCUT2D eigenvalue weighted by atomic mass is 35.5. The molecule has 3 rings (SSSR count). The first-order valence-electron chi connectivity index (χ1n) is 7.51. The number of benzene rings is 2. The normalized spacial score (nSPS) is 18.7. The van der Waals surface area contributed by atoms with Crippen LogP contribution in [-0.4, -0.2) is 6.61 Å². The smallest absolute Gasteiger partial charge is 0.124 e. The van der Waals surface area contributed by atoms with Gasteiger partial charge in [-0.25, -0.2) is 0 Å². The lowest BCUT2D eigenvalue weighted by Crippen LogP contribution is -2.30. The van der Waals surface area contributed by atoms with Crippen LogP contribution in [0.1, 0.15) is 43.0 Å². The Labute approximate surface area is 131 Å². The van der Waals surface area contributed by atoms with Gasteiger partial charge in [-0.1, -0.05) is 48.9 Å². The molecule has 1 heterocycles. The molecule has 110 valence electrons. The summed E-state index contributed by atoms with van der Waals surface area (Å²) >= 11 is 6.12. The van der Waals surface area contributed by atoms with E-state index in [1.165, 1.54) is 11.1 Å². The zero-order chi connectivity index (χ0) is 14.7. The zero-order valence-corrected chi connectivity index (χ0v) is 12.9. The summed E-state index contributed by atoms with van der Waals surface area (Å²) in [5.41, 5.74) is 2.50. The second-order valence-corrected chi connectivity index (χ2v) is 5.85. The Morgan fingerprint density at radius 3 is 2.90 bits per heavy atom. The Balaban J connectivity index is 1.82. The molecule has 1 N–H and O–H groups in total. The van der Waals surface area contributed by atoms with E-state index in [2.05, 4.69) is 30.4 Å². The molecule has 0 bridgehead atoms. The van der Waals surface area contributed by atoms with E-state index in [4.69, 9.17) is 16.3 Å². The monoisotopic (exact) mass is 301 g/mol. The van der Waals surface area contributed by atoms with Crippen LogP contribution in [0.4, 0.5) is 0 Å². The molecule has 0 saturated carbocycles. The highest BCUT2D eigenvalue weighted by Crippen LogP contribution is 2.34. The first kappa shape index (κ1) is 14.4. The minimum absolute atomic E-state index is 0.305. The summed E-state index contributed by atoms with van der Waals surface area (Å²) in [6.45, 7) is 2.96. The van der Waals surface area contributed by atoms with Crippen LogP contribution in [0.25, 0.3) is 0 Å². The molecule has 0 aliphatic carbocycles. The van der Waals surface area contributed by atoms with Crippen LogP contribution in [0.15, 0.2) is 48.5 Å². The van der Waals surface area contributed by atoms with E-state index in [0.29, 0.717) is 12.1 Å². The van der Waals surface area contributed by atoms with E-state index in [-0.39, 0.29) is 0 Å². The maximum absolute atomic E-state index is 6.12. The number of halogens is 1. The van der Waals surface area contributed by atoms with Gasteiger partial charge in [-0.15, -0.1) is 0 Å². The first-order valence-corrected chi connectivity index (χ1v) is 7.89. The van der Waals surface area contributed by atoms with Gasteiger partial charge in [-0.05, 0) is 30.2 Å². The molecule has 0 fully saturated rings. The molecule has 0 radical (unpaired) electrons. The molecule has 1 aliphatic heterocycles. The maximum Gasteiger partial charge on any atom is 0.124 e. The lowest BCUT2D eigenvalue weighted by atomic mass is 9.97. The Morgan fingerprint density at radius 2 is 2.10 bits per heavy atom. The second kappa shape index (κ2) is 6.50. The number of hydrogen-bond acceptors (Lipinski definition) is 2. The predicted octanol–water partition coefficient (Wildman–Crippen LogP) is 4.90. The first-order chi connectivity index (χ1) is 10.3. The van der Waals surface area contributed by atoms with Crippen LogP contribution in [0.3, 0.4) is 0 Å². The summed E-state index contributed by atoms with van der Waals surface area (Å²) in [7, 11) is 0. The SMILES string of the molecule is CCC(NC1CCOc2ccccc21)c1cccc(Cl)c1. The van der Waals surface area contributed by atoms with Gasteiger partial charge in [-0.3, -0.25) is 0 Å². The van der Waals surface area contributed by atoms with Crippen molar-refractivity contribution in [3.63, 3.8) is 0 Å². The van der Waals surface area contributed by atoms with E-state index >= 15 is 0 Å². The molecule has 0 amide bonds. The quantitative estimate of drug-likeness (QED) is 0.867. The van der Waals surface area contributed by atoms with Gasteiger partial charge in [0.25, 0.3) is 0 Å². The van der Waals surface area contributed by atoms with Crippen LogP contribution < -0.4 is 10.1 Å². The molecule has 0 saturated heterocycles. The third kappa shape index (κ3) is 3.22. The summed E-state index contributed by atoms with van der Waals surface area (Å²) in [5, 5.41) is 4.56. The molecule has 21 heavy (non-hydrogen) atoms.